The second kappa shape index (κ2) is 4.80. The first-order valence-corrected chi connectivity index (χ1v) is 4.65. The molecule has 0 aliphatic heterocycles. The molecule has 0 atom stereocenters. The van der Waals surface area contributed by atoms with E-state index in [1.54, 1.807) is 0 Å². The quantitative estimate of drug-likeness (QED) is 0.584. The Bertz CT molecular complexity index is 121. The van der Waals surface area contributed by atoms with Gasteiger partial charge in [0.15, 0.2) is 0 Å². The van der Waals surface area contributed by atoms with Crippen molar-refractivity contribution in [1.82, 2.24) is 0 Å². The average Bonchev–Trinajstić information content (AvgIpc) is 2.77. The van der Waals surface area contributed by atoms with Crippen molar-refractivity contribution in [2.75, 3.05) is 26.4 Å². The zero-order valence-corrected chi connectivity index (χ0v) is 7.71. The number of aliphatic hydroxyl groups is 1. The summed E-state index contributed by atoms with van der Waals surface area (Å²) in [6.07, 6.45) is 2.83. The van der Waals surface area contributed by atoms with Gasteiger partial charge < -0.3 is 14.6 Å². The highest BCUT2D eigenvalue weighted by Gasteiger charge is 2.40. The fourth-order valence-electron chi connectivity index (χ4n) is 0.915. The van der Waals surface area contributed by atoms with E-state index in [4.69, 9.17) is 9.47 Å². The lowest BCUT2D eigenvalue weighted by molar-refractivity contribution is -0.00665. The van der Waals surface area contributed by atoms with Gasteiger partial charge in [-0.3, -0.25) is 0 Å². The van der Waals surface area contributed by atoms with Crippen LogP contribution in [0.1, 0.15) is 26.2 Å². The molecule has 0 aromatic rings. The maximum absolute atomic E-state index is 9.37. The van der Waals surface area contributed by atoms with Crippen molar-refractivity contribution in [2.45, 2.75) is 31.8 Å². The molecule has 0 heterocycles. The van der Waals surface area contributed by atoms with E-state index in [2.05, 4.69) is 6.92 Å². The molecular formula is C9H18O3. The van der Waals surface area contributed by atoms with Crippen LogP contribution in [0.2, 0.25) is 0 Å². The van der Waals surface area contributed by atoms with E-state index < -0.39 is 5.60 Å². The highest BCUT2D eigenvalue weighted by Crippen LogP contribution is 2.34. The predicted molar refractivity (Wildman–Crippen MR) is 46.1 cm³/mol. The first-order chi connectivity index (χ1) is 5.77. The summed E-state index contributed by atoms with van der Waals surface area (Å²) in [4.78, 5) is 0. The summed E-state index contributed by atoms with van der Waals surface area (Å²) < 4.78 is 10.4. The van der Waals surface area contributed by atoms with E-state index in [0.29, 0.717) is 19.8 Å². The minimum atomic E-state index is -0.481. The summed E-state index contributed by atoms with van der Waals surface area (Å²) in [5.41, 5.74) is -0.481. The van der Waals surface area contributed by atoms with Crippen molar-refractivity contribution >= 4 is 0 Å². The van der Waals surface area contributed by atoms with Crippen LogP contribution < -0.4 is 0 Å². The molecule has 3 heteroatoms. The van der Waals surface area contributed by atoms with Crippen LogP contribution in [-0.4, -0.2) is 37.1 Å². The van der Waals surface area contributed by atoms with Gasteiger partial charge in [-0.15, -0.1) is 0 Å². The first-order valence-electron chi connectivity index (χ1n) is 4.65. The molecule has 3 nitrogen and oxygen atoms in total. The third-order valence-electron chi connectivity index (χ3n) is 1.92. The van der Waals surface area contributed by atoms with Crippen LogP contribution in [0.3, 0.4) is 0 Å². The fourth-order valence-corrected chi connectivity index (χ4v) is 0.915. The Morgan fingerprint density at radius 2 is 1.83 bits per heavy atom. The van der Waals surface area contributed by atoms with E-state index >= 15 is 0 Å². The summed E-state index contributed by atoms with van der Waals surface area (Å²) in [6, 6.07) is 0. The second-order valence-electron chi connectivity index (χ2n) is 3.39. The van der Waals surface area contributed by atoms with E-state index in [1.807, 2.05) is 0 Å². The Morgan fingerprint density at radius 3 is 2.42 bits per heavy atom. The van der Waals surface area contributed by atoms with Crippen LogP contribution in [0.5, 0.6) is 0 Å². The molecule has 0 unspecified atom stereocenters. The topological polar surface area (TPSA) is 38.7 Å². The zero-order valence-electron chi connectivity index (χ0n) is 7.71. The van der Waals surface area contributed by atoms with Gasteiger partial charge in [-0.25, -0.2) is 0 Å². The van der Waals surface area contributed by atoms with Gasteiger partial charge in [0, 0.05) is 6.61 Å². The molecule has 0 spiro atoms. The van der Waals surface area contributed by atoms with E-state index in [0.717, 1.165) is 25.9 Å². The molecule has 0 saturated heterocycles. The maximum atomic E-state index is 9.37. The fraction of sp³-hybridized carbons (Fsp3) is 1.00. The smallest absolute Gasteiger partial charge is 0.0882 e. The molecule has 1 N–H and O–H groups in total. The van der Waals surface area contributed by atoms with Crippen molar-refractivity contribution in [3.05, 3.63) is 0 Å². The number of ether oxygens (including phenoxy) is 2. The Hall–Kier alpha value is -0.120. The van der Waals surface area contributed by atoms with Crippen LogP contribution in [0.15, 0.2) is 0 Å². The average molecular weight is 174 g/mol. The molecular weight excluding hydrogens is 156 g/mol. The third-order valence-corrected chi connectivity index (χ3v) is 1.92. The molecule has 0 aromatic heterocycles. The molecule has 1 fully saturated rings. The molecule has 72 valence electrons. The van der Waals surface area contributed by atoms with Crippen LogP contribution in [-0.2, 0) is 9.47 Å². The Kier molecular flexibility index (Phi) is 3.98. The summed E-state index contributed by atoms with van der Waals surface area (Å²) in [7, 11) is 0. The van der Waals surface area contributed by atoms with Gasteiger partial charge in [0.2, 0.25) is 0 Å². The van der Waals surface area contributed by atoms with E-state index in [1.165, 1.54) is 0 Å². The Balaban J connectivity index is 1.77. The Labute approximate surface area is 73.7 Å². The summed E-state index contributed by atoms with van der Waals surface area (Å²) in [5, 5.41) is 9.37. The zero-order chi connectivity index (χ0) is 8.86. The number of rotatable bonds is 7. The van der Waals surface area contributed by atoms with E-state index in [9.17, 15) is 5.11 Å². The molecule has 1 saturated carbocycles. The second-order valence-corrected chi connectivity index (χ2v) is 3.39. The van der Waals surface area contributed by atoms with Gasteiger partial charge in [-0.1, -0.05) is 6.92 Å². The predicted octanol–water partition coefficient (Wildman–Crippen LogP) is 0.954. The standard InChI is InChI=1S/C9H18O3/c1-2-5-11-6-7-12-8-9(10)3-4-9/h10H,2-8H2,1H3. The number of hydrogen-bond acceptors (Lipinski definition) is 3. The first kappa shape index (κ1) is 9.96. The van der Waals surface area contributed by atoms with Crippen LogP contribution >= 0.6 is 0 Å². The maximum Gasteiger partial charge on any atom is 0.0882 e. The van der Waals surface area contributed by atoms with Crippen molar-refractivity contribution in [3.63, 3.8) is 0 Å². The normalized spacial score (nSPS) is 19.5. The minimum absolute atomic E-state index is 0.475. The number of hydrogen-bond donors (Lipinski definition) is 1. The van der Waals surface area contributed by atoms with Gasteiger partial charge in [0.25, 0.3) is 0 Å². The molecule has 1 aliphatic rings. The molecule has 0 bridgehead atoms. The lowest BCUT2D eigenvalue weighted by atomic mass is 10.4. The lowest BCUT2D eigenvalue weighted by Crippen LogP contribution is -2.18. The molecule has 0 amide bonds. The van der Waals surface area contributed by atoms with Crippen molar-refractivity contribution in [2.24, 2.45) is 0 Å². The lowest BCUT2D eigenvalue weighted by Gasteiger charge is -2.08. The van der Waals surface area contributed by atoms with Gasteiger partial charge >= 0.3 is 0 Å². The summed E-state index contributed by atoms with van der Waals surface area (Å²) >= 11 is 0. The van der Waals surface area contributed by atoms with Gasteiger partial charge in [-0.05, 0) is 19.3 Å². The SMILES string of the molecule is CCCOCCOCC1(O)CC1. The van der Waals surface area contributed by atoms with Crippen LogP contribution in [0.4, 0.5) is 0 Å². The van der Waals surface area contributed by atoms with Gasteiger partial charge in [-0.2, -0.15) is 0 Å². The van der Waals surface area contributed by atoms with Crippen LogP contribution in [0, 0.1) is 0 Å². The van der Waals surface area contributed by atoms with Crippen molar-refractivity contribution < 1.29 is 14.6 Å². The monoisotopic (exact) mass is 174 g/mol. The summed E-state index contributed by atoms with van der Waals surface area (Å²) in [6.45, 7) is 4.59. The van der Waals surface area contributed by atoms with Crippen LogP contribution in [0.25, 0.3) is 0 Å². The van der Waals surface area contributed by atoms with E-state index in [-0.39, 0.29) is 0 Å². The molecule has 0 radical (unpaired) electrons. The molecule has 1 aliphatic carbocycles. The van der Waals surface area contributed by atoms with Crippen molar-refractivity contribution in [3.8, 4) is 0 Å². The third kappa shape index (κ3) is 4.04. The minimum Gasteiger partial charge on any atom is -0.387 e. The Morgan fingerprint density at radius 1 is 1.17 bits per heavy atom. The highest BCUT2D eigenvalue weighted by molar-refractivity contribution is 4.92. The molecule has 1 rings (SSSR count). The largest absolute Gasteiger partial charge is 0.387 e. The highest BCUT2D eigenvalue weighted by atomic mass is 16.5. The van der Waals surface area contributed by atoms with Gasteiger partial charge in [0.05, 0.1) is 25.4 Å². The molecule has 0 aromatic carbocycles. The summed E-state index contributed by atoms with van der Waals surface area (Å²) in [5.74, 6) is 0. The van der Waals surface area contributed by atoms with Gasteiger partial charge in [0.1, 0.15) is 0 Å². The molecule has 12 heavy (non-hydrogen) atoms. The van der Waals surface area contributed by atoms with Crippen molar-refractivity contribution in [1.29, 1.82) is 0 Å².